The molecule has 2 aromatic rings. The van der Waals surface area contributed by atoms with Gasteiger partial charge in [0.25, 0.3) is 0 Å². The van der Waals surface area contributed by atoms with Crippen LogP contribution in [0.2, 0.25) is 0 Å². The van der Waals surface area contributed by atoms with Crippen LogP contribution < -0.4 is 10.1 Å². The van der Waals surface area contributed by atoms with E-state index in [9.17, 15) is 4.79 Å². The fourth-order valence-corrected chi connectivity index (χ4v) is 2.99. The summed E-state index contributed by atoms with van der Waals surface area (Å²) in [6.45, 7) is 3.54. The minimum Gasteiger partial charge on any atom is -0.496 e. The number of methoxy groups -OCH3 is 1. The molecule has 1 fully saturated rings. The van der Waals surface area contributed by atoms with Crippen molar-refractivity contribution in [3.63, 3.8) is 0 Å². The maximum atomic E-state index is 12.3. The van der Waals surface area contributed by atoms with Gasteiger partial charge in [-0.2, -0.15) is 5.10 Å². The summed E-state index contributed by atoms with van der Waals surface area (Å²) in [5.74, 6) is 2.12. The van der Waals surface area contributed by atoms with Crippen molar-refractivity contribution in [2.45, 2.75) is 39.0 Å². The third kappa shape index (κ3) is 4.32. The number of benzene rings is 1. The number of H-pyrrole nitrogens is 1. The van der Waals surface area contributed by atoms with Gasteiger partial charge in [0, 0.05) is 20.2 Å². The van der Waals surface area contributed by atoms with E-state index < -0.39 is 0 Å². The molecular formula is C18H25N5O3. The highest BCUT2D eigenvalue weighted by molar-refractivity contribution is 5.73. The van der Waals surface area contributed by atoms with Crippen LogP contribution in [-0.4, -0.2) is 46.9 Å². The van der Waals surface area contributed by atoms with E-state index in [1.54, 1.807) is 19.1 Å². The molecule has 2 heterocycles. The van der Waals surface area contributed by atoms with E-state index in [4.69, 9.17) is 9.47 Å². The quantitative estimate of drug-likeness (QED) is 0.826. The SMILES string of the molecule is COc1ccc(CN(C)C(=O)NCc2nc(C3CCCO3)n[nH]2)cc1C. The standard InChI is InChI=1S/C18H25N5O3/c1-12-9-13(6-7-14(12)25-3)11-23(2)18(24)19-10-16-20-17(22-21-16)15-5-4-8-26-15/h6-7,9,15H,4-5,8,10-11H2,1-3H3,(H,19,24)(H,20,21,22). The van der Waals surface area contributed by atoms with Gasteiger partial charge in [0.2, 0.25) is 0 Å². The summed E-state index contributed by atoms with van der Waals surface area (Å²) in [5, 5.41) is 9.88. The summed E-state index contributed by atoms with van der Waals surface area (Å²) in [5.41, 5.74) is 2.09. The number of nitrogens with one attached hydrogen (secondary N) is 2. The average molecular weight is 359 g/mol. The summed E-state index contributed by atoms with van der Waals surface area (Å²) in [7, 11) is 3.41. The molecule has 1 aliphatic rings. The molecule has 0 radical (unpaired) electrons. The van der Waals surface area contributed by atoms with Crippen molar-refractivity contribution >= 4 is 6.03 Å². The molecule has 1 aromatic carbocycles. The predicted molar refractivity (Wildman–Crippen MR) is 95.7 cm³/mol. The maximum Gasteiger partial charge on any atom is 0.317 e. The second-order valence-electron chi connectivity index (χ2n) is 6.46. The summed E-state index contributed by atoms with van der Waals surface area (Å²) in [4.78, 5) is 18.3. The van der Waals surface area contributed by atoms with E-state index in [1.165, 1.54) is 0 Å². The van der Waals surface area contributed by atoms with Crippen molar-refractivity contribution in [2.75, 3.05) is 20.8 Å². The van der Waals surface area contributed by atoms with Gasteiger partial charge >= 0.3 is 6.03 Å². The Labute approximate surface area is 152 Å². The third-order valence-electron chi connectivity index (χ3n) is 4.40. The Kier molecular flexibility index (Phi) is 5.72. The Balaban J connectivity index is 1.50. The van der Waals surface area contributed by atoms with Crippen LogP contribution in [0.3, 0.4) is 0 Å². The molecule has 1 aliphatic heterocycles. The molecule has 3 rings (SSSR count). The van der Waals surface area contributed by atoms with Crippen molar-refractivity contribution in [1.29, 1.82) is 0 Å². The van der Waals surface area contributed by atoms with Gasteiger partial charge in [0.05, 0.1) is 13.7 Å². The molecule has 8 heteroatoms. The normalized spacial score (nSPS) is 16.5. The first-order chi connectivity index (χ1) is 12.6. The van der Waals surface area contributed by atoms with Gasteiger partial charge in [-0.1, -0.05) is 12.1 Å². The summed E-state index contributed by atoms with van der Waals surface area (Å²) in [6.07, 6.45) is 1.94. The number of ether oxygens (including phenoxy) is 2. The van der Waals surface area contributed by atoms with E-state index in [2.05, 4.69) is 20.5 Å². The van der Waals surface area contributed by atoms with Crippen molar-refractivity contribution in [3.8, 4) is 5.75 Å². The lowest BCUT2D eigenvalue weighted by molar-refractivity contribution is 0.105. The van der Waals surface area contributed by atoms with Gasteiger partial charge < -0.3 is 19.7 Å². The molecule has 1 aromatic heterocycles. The Bertz CT molecular complexity index is 755. The summed E-state index contributed by atoms with van der Waals surface area (Å²) < 4.78 is 10.8. The summed E-state index contributed by atoms with van der Waals surface area (Å²) in [6, 6.07) is 5.72. The van der Waals surface area contributed by atoms with Gasteiger partial charge in [-0.05, 0) is 37.0 Å². The molecule has 26 heavy (non-hydrogen) atoms. The second-order valence-corrected chi connectivity index (χ2v) is 6.46. The van der Waals surface area contributed by atoms with Crippen LogP contribution in [-0.2, 0) is 17.8 Å². The van der Waals surface area contributed by atoms with E-state index in [0.29, 0.717) is 24.7 Å². The van der Waals surface area contributed by atoms with Crippen molar-refractivity contribution in [1.82, 2.24) is 25.4 Å². The topological polar surface area (TPSA) is 92.4 Å². The zero-order valence-corrected chi connectivity index (χ0v) is 15.4. The van der Waals surface area contributed by atoms with Gasteiger partial charge in [-0.3, -0.25) is 5.10 Å². The molecule has 2 amide bonds. The van der Waals surface area contributed by atoms with Crippen LogP contribution in [0, 0.1) is 6.92 Å². The molecule has 140 valence electrons. The van der Waals surface area contributed by atoms with Crippen molar-refractivity contribution in [3.05, 3.63) is 41.0 Å². The predicted octanol–water partition coefficient (Wildman–Crippen LogP) is 2.31. The minimum absolute atomic E-state index is 0.0308. The van der Waals surface area contributed by atoms with E-state index in [1.807, 2.05) is 25.1 Å². The number of carbonyl (C=O) groups is 1. The Morgan fingerprint density at radius 2 is 2.35 bits per heavy atom. The van der Waals surface area contributed by atoms with Gasteiger partial charge in [-0.15, -0.1) is 0 Å². The maximum absolute atomic E-state index is 12.3. The van der Waals surface area contributed by atoms with Crippen molar-refractivity contribution < 1.29 is 14.3 Å². The Hall–Kier alpha value is -2.61. The number of amides is 2. The van der Waals surface area contributed by atoms with Crippen LogP contribution in [0.5, 0.6) is 5.75 Å². The van der Waals surface area contributed by atoms with Crippen LogP contribution in [0.15, 0.2) is 18.2 Å². The number of rotatable bonds is 6. The first-order valence-corrected chi connectivity index (χ1v) is 8.72. The highest BCUT2D eigenvalue weighted by atomic mass is 16.5. The zero-order chi connectivity index (χ0) is 18.5. The zero-order valence-electron chi connectivity index (χ0n) is 15.4. The molecule has 1 atom stereocenters. The lowest BCUT2D eigenvalue weighted by Crippen LogP contribution is -2.36. The second kappa shape index (κ2) is 8.18. The number of carbonyl (C=O) groups excluding carboxylic acids is 1. The first-order valence-electron chi connectivity index (χ1n) is 8.72. The highest BCUT2D eigenvalue weighted by Crippen LogP contribution is 2.25. The molecular weight excluding hydrogens is 334 g/mol. The Morgan fingerprint density at radius 1 is 1.50 bits per heavy atom. The minimum atomic E-state index is -0.173. The van der Waals surface area contributed by atoms with Crippen LogP contribution >= 0.6 is 0 Å². The Morgan fingerprint density at radius 3 is 3.04 bits per heavy atom. The first kappa shape index (κ1) is 18.2. The van der Waals surface area contributed by atoms with E-state index in [0.717, 1.165) is 36.3 Å². The van der Waals surface area contributed by atoms with Crippen LogP contribution in [0.4, 0.5) is 4.79 Å². The molecule has 1 saturated heterocycles. The fraction of sp³-hybridized carbons (Fsp3) is 0.500. The number of aromatic amines is 1. The molecule has 0 bridgehead atoms. The number of hydrogen-bond donors (Lipinski definition) is 2. The van der Waals surface area contributed by atoms with Crippen LogP contribution in [0.1, 0.15) is 41.7 Å². The smallest absolute Gasteiger partial charge is 0.317 e. The number of hydrogen-bond acceptors (Lipinski definition) is 5. The number of nitrogens with zero attached hydrogens (tertiary/aromatic N) is 3. The van der Waals surface area contributed by atoms with Crippen molar-refractivity contribution in [2.24, 2.45) is 0 Å². The highest BCUT2D eigenvalue weighted by Gasteiger charge is 2.22. The van der Waals surface area contributed by atoms with Gasteiger partial charge in [0.1, 0.15) is 17.7 Å². The largest absolute Gasteiger partial charge is 0.496 e. The monoisotopic (exact) mass is 359 g/mol. The average Bonchev–Trinajstić information content (AvgIpc) is 3.31. The third-order valence-corrected chi connectivity index (χ3v) is 4.40. The number of aryl methyl sites for hydroxylation is 1. The van der Waals surface area contributed by atoms with Gasteiger partial charge in [0.15, 0.2) is 5.82 Å². The van der Waals surface area contributed by atoms with E-state index in [-0.39, 0.29) is 12.1 Å². The van der Waals surface area contributed by atoms with Crippen LogP contribution in [0.25, 0.3) is 0 Å². The molecule has 0 aliphatic carbocycles. The molecule has 2 N–H and O–H groups in total. The van der Waals surface area contributed by atoms with E-state index >= 15 is 0 Å². The number of urea groups is 1. The molecule has 0 spiro atoms. The lowest BCUT2D eigenvalue weighted by atomic mass is 10.1. The lowest BCUT2D eigenvalue weighted by Gasteiger charge is -2.18. The summed E-state index contributed by atoms with van der Waals surface area (Å²) >= 11 is 0. The molecule has 1 unspecified atom stereocenters. The molecule has 8 nitrogen and oxygen atoms in total. The van der Waals surface area contributed by atoms with Gasteiger partial charge in [-0.25, -0.2) is 9.78 Å². The molecule has 0 saturated carbocycles. The number of aromatic nitrogens is 3. The fourth-order valence-electron chi connectivity index (χ4n) is 2.99.